The highest BCUT2D eigenvalue weighted by Crippen LogP contribution is 2.31. The topological polar surface area (TPSA) is 63.6 Å². The van der Waals surface area contributed by atoms with E-state index in [9.17, 15) is 9.59 Å². The van der Waals surface area contributed by atoms with Crippen LogP contribution in [0.3, 0.4) is 0 Å². The Kier molecular flexibility index (Phi) is 3.27. The highest BCUT2D eigenvalue weighted by atomic mass is 16.6. The zero-order valence-electron chi connectivity index (χ0n) is 9.79. The molecule has 0 bridgehead atoms. The fourth-order valence-electron chi connectivity index (χ4n) is 1.27. The van der Waals surface area contributed by atoms with Gasteiger partial charge in [-0.3, -0.25) is 4.79 Å². The number of esters is 1. The van der Waals surface area contributed by atoms with Crippen molar-refractivity contribution < 1.29 is 19.4 Å². The molecule has 1 N–H and O–H groups in total. The number of aliphatic carboxylic acids is 1. The van der Waals surface area contributed by atoms with Crippen molar-refractivity contribution >= 4 is 11.9 Å². The third-order valence-corrected chi connectivity index (χ3v) is 2.25. The summed E-state index contributed by atoms with van der Waals surface area (Å²) in [6.07, 6.45) is 0.688. The van der Waals surface area contributed by atoms with Crippen LogP contribution in [0.25, 0.3) is 0 Å². The van der Waals surface area contributed by atoms with E-state index in [1.807, 2.05) is 0 Å². The van der Waals surface area contributed by atoms with E-state index in [0.717, 1.165) is 0 Å². The fourth-order valence-corrected chi connectivity index (χ4v) is 1.27. The maximum absolute atomic E-state index is 10.9. The standard InChI is InChI=1S/C12H16O4/c1-11(2,3)6-4-5-7-12(10(14)15)8-9(13)16-12/h6-8H2,1-3H3,(H,14,15)/t12-/m1/s1. The van der Waals surface area contributed by atoms with E-state index in [4.69, 9.17) is 5.11 Å². The van der Waals surface area contributed by atoms with E-state index in [1.54, 1.807) is 0 Å². The third kappa shape index (κ3) is 2.99. The molecule has 1 heterocycles. The Labute approximate surface area is 95.0 Å². The number of carboxylic acids is 1. The summed E-state index contributed by atoms with van der Waals surface area (Å²) < 4.78 is 4.68. The summed E-state index contributed by atoms with van der Waals surface area (Å²) in [5.74, 6) is 4.11. The Bertz CT molecular complexity index is 357. The molecule has 4 nitrogen and oxygen atoms in total. The lowest BCUT2D eigenvalue weighted by atomic mass is 9.89. The third-order valence-electron chi connectivity index (χ3n) is 2.25. The predicted octanol–water partition coefficient (Wildman–Crippen LogP) is 1.59. The molecule has 88 valence electrons. The summed E-state index contributed by atoms with van der Waals surface area (Å²) in [6.45, 7) is 6.16. The molecule has 0 aromatic carbocycles. The van der Waals surface area contributed by atoms with Gasteiger partial charge in [-0.1, -0.05) is 26.7 Å². The summed E-state index contributed by atoms with van der Waals surface area (Å²) in [6, 6.07) is 0. The van der Waals surface area contributed by atoms with E-state index in [0.29, 0.717) is 6.42 Å². The number of carboxylic acid groups (broad SMARTS) is 1. The zero-order chi connectivity index (χ0) is 12.4. The molecule has 0 spiro atoms. The molecule has 0 radical (unpaired) electrons. The van der Waals surface area contributed by atoms with Crippen molar-refractivity contribution in [1.29, 1.82) is 0 Å². The van der Waals surface area contributed by atoms with Crippen LogP contribution >= 0.6 is 0 Å². The van der Waals surface area contributed by atoms with Gasteiger partial charge in [-0.15, -0.1) is 5.92 Å². The van der Waals surface area contributed by atoms with Gasteiger partial charge < -0.3 is 9.84 Å². The summed E-state index contributed by atoms with van der Waals surface area (Å²) in [7, 11) is 0. The van der Waals surface area contributed by atoms with Crippen LogP contribution in [-0.4, -0.2) is 22.6 Å². The number of rotatable bonds is 2. The van der Waals surface area contributed by atoms with Crippen molar-refractivity contribution in [3.05, 3.63) is 0 Å². The lowest BCUT2D eigenvalue weighted by molar-refractivity contribution is -0.203. The van der Waals surface area contributed by atoms with Crippen LogP contribution in [0, 0.1) is 17.3 Å². The van der Waals surface area contributed by atoms with Gasteiger partial charge in [-0.2, -0.15) is 0 Å². The van der Waals surface area contributed by atoms with E-state index in [1.165, 1.54) is 0 Å². The smallest absolute Gasteiger partial charge is 0.349 e. The molecule has 0 saturated carbocycles. The second kappa shape index (κ2) is 4.17. The van der Waals surface area contributed by atoms with Crippen LogP contribution in [-0.2, 0) is 14.3 Å². The Morgan fingerprint density at radius 3 is 2.44 bits per heavy atom. The molecule has 0 amide bonds. The molecule has 4 heteroatoms. The van der Waals surface area contributed by atoms with Gasteiger partial charge in [0.25, 0.3) is 0 Å². The number of hydrogen-bond donors (Lipinski definition) is 1. The molecule has 0 unspecified atom stereocenters. The maximum atomic E-state index is 10.9. The number of carbonyl (C=O) groups excluding carboxylic acids is 1. The SMILES string of the molecule is CC(C)(C)CC#CC[C@]1(C(=O)O)CC(=O)O1. The molecular weight excluding hydrogens is 208 g/mol. The predicted molar refractivity (Wildman–Crippen MR) is 57.5 cm³/mol. The minimum Gasteiger partial charge on any atom is -0.478 e. The quantitative estimate of drug-likeness (QED) is 0.571. The number of carbonyl (C=O) groups is 2. The molecule has 1 rings (SSSR count). The molecular formula is C12H16O4. The van der Waals surface area contributed by atoms with E-state index < -0.39 is 17.5 Å². The van der Waals surface area contributed by atoms with Gasteiger partial charge in [0.15, 0.2) is 0 Å². The summed E-state index contributed by atoms with van der Waals surface area (Å²) in [5.41, 5.74) is -1.29. The molecule has 1 saturated heterocycles. The molecule has 1 aliphatic rings. The van der Waals surface area contributed by atoms with Gasteiger partial charge in [-0.25, -0.2) is 4.79 Å². The first-order valence-corrected chi connectivity index (χ1v) is 5.16. The minimum absolute atomic E-state index is 0.0736. The number of hydrogen-bond acceptors (Lipinski definition) is 3. The van der Waals surface area contributed by atoms with E-state index in [-0.39, 0.29) is 18.3 Å². The Morgan fingerprint density at radius 2 is 2.06 bits per heavy atom. The minimum atomic E-state index is -1.39. The van der Waals surface area contributed by atoms with Crippen LogP contribution in [0.2, 0.25) is 0 Å². The van der Waals surface area contributed by atoms with Crippen LogP contribution in [0.15, 0.2) is 0 Å². The van der Waals surface area contributed by atoms with Gasteiger partial charge in [0.05, 0.1) is 12.8 Å². The second-order valence-corrected chi connectivity index (χ2v) is 5.22. The molecule has 0 aliphatic carbocycles. The van der Waals surface area contributed by atoms with Crippen LogP contribution in [0.1, 0.15) is 40.0 Å². The highest BCUT2D eigenvalue weighted by Gasteiger charge is 2.52. The molecule has 16 heavy (non-hydrogen) atoms. The largest absolute Gasteiger partial charge is 0.478 e. The summed E-state index contributed by atoms with van der Waals surface area (Å²) in [5, 5.41) is 8.92. The Balaban J connectivity index is 2.53. The van der Waals surface area contributed by atoms with E-state index in [2.05, 4.69) is 37.3 Å². The number of cyclic esters (lactones) is 1. The van der Waals surface area contributed by atoms with Crippen LogP contribution in [0.5, 0.6) is 0 Å². The second-order valence-electron chi connectivity index (χ2n) is 5.22. The lowest BCUT2D eigenvalue weighted by Crippen LogP contribution is -2.53. The van der Waals surface area contributed by atoms with Gasteiger partial charge in [0.2, 0.25) is 5.60 Å². The van der Waals surface area contributed by atoms with Crippen molar-refractivity contribution in [3.63, 3.8) is 0 Å². The van der Waals surface area contributed by atoms with Crippen LogP contribution in [0.4, 0.5) is 0 Å². The Morgan fingerprint density at radius 1 is 1.50 bits per heavy atom. The van der Waals surface area contributed by atoms with Gasteiger partial charge in [0, 0.05) is 6.42 Å². The van der Waals surface area contributed by atoms with Crippen molar-refractivity contribution in [2.24, 2.45) is 5.41 Å². The average Bonchev–Trinajstić information content (AvgIpc) is 2.06. The van der Waals surface area contributed by atoms with Gasteiger partial charge >= 0.3 is 11.9 Å². The molecule has 1 fully saturated rings. The highest BCUT2D eigenvalue weighted by molar-refractivity contribution is 5.92. The average molecular weight is 224 g/mol. The molecule has 0 aromatic rings. The van der Waals surface area contributed by atoms with Crippen molar-refractivity contribution in [3.8, 4) is 11.8 Å². The lowest BCUT2D eigenvalue weighted by Gasteiger charge is -2.34. The maximum Gasteiger partial charge on any atom is 0.349 e. The molecule has 0 aromatic heterocycles. The van der Waals surface area contributed by atoms with Crippen molar-refractivity contribution in [2.45, 2.75) is 45.6 Å². The summed E-state index contributed by atoms with van der Waals surface area (Å²) >= 11 is 0. The first kappa shape index (κ1) is 12.6. The van der Waals surface area contributed by atoms with E-state index >= 15 is 0 Å². The first-order valence-electron chi connectivity index (χ1n) is 5.16. The monoisotopic (exact) mass is 224 g/mol. The molecule has 1 atom stereocenters. The first-order chi connectivity index (χ1) is 7.25. The normalized spacial score (nSPS) is 23.8. The van der Waals surface area contributed by atoms with Crippen LogP contribution < -0.4 is 0 Å². The van der Waals surface area contributed by atoms with Gasteiger partial charge in [-0.05, 0) is 5.41 Å². The van der Waals surface area contributed by atoms with Crippen molar-refractivity contribution in [2.75, 3.05) is 0 Å². The molecule has 1 aliphatic heterocycles. The Hall–Kier alpha value is -1.50. The summed E-state index contributed by atoms with van der Waals surface area (Å²) in [4.78, 5) is 21.6. The number of ether oxygens (including phenoxy) is 1. The van der Waals surface area contributed by atoms with Gasteiger partial charge in [0.1, 0.15) is 0 Å². The zero-order valence-corrected chi connectivity index (χ0v) is 9.79. The van der Waals surface area contributed by atoms with Crippen molar-refractivity contribution in [1.82, 2.24) is 0 Å². The fraction of sp³-hybridized carbons (Fsp3) is 0.667.